The predicted molar refractivity (Wildman–Crippen MR) is 119 cm³/mol. The molecule has 156 valence electrons. The maximum Gasteiger partial charge on any atom is 0.264 e. The summed E-state index contributed by atoms with van der Waals surface area (Å²) in [6.45, 7) is 4.67. The minimum atomic E-state index is 0.114. The molecule has 0 N–H and O–H groups in total. The molecule has 1 aromatic heterocycles. The number of hydrogen-bond acceptors (Lipinski definition) is 5. The highest BCUT2D eigenvalue weighted by Crippen LogP contribution is 2.27. The first-order valence-electron chi connectivity index (χ1n) is 10.1. The van der Waals surface area contributed by atoms with Gasteiger partial charge in [0.2, 0.25) is 0 Å². The first-order chi connectivity index (χ1) is 14.7. The Bertz CT molecular complexity index is 965. The number of benzene rings is 2. The van der Waals surface area contributed by atoms with Gasteiger partial charge in [0.1, 0.15) is 6.61 Å². The molecule has 0 unspecified atom stereocenters. The van der Waals surface area contributed by atoms with Crippen molar-refractivity contribution in [3.63, 3.8) is 0 Å². The second kappa shape index (κ2) is 9.78. The van der Waals surface area contributed by atoms with Crippen LogP contribution >= 0.6 is 11.3 Å². The standard InChI is InChI=1S/C24H26N2O3S/c1-28-21-9-5-6-10-22(21)29-17-20-15-23(30-18-20)24(27)26-13-11-25(12-14-26)16-19-7-3-2-4-8-19/h2-10,15,18H,11-14,16-17H2,1H3. The molecule has 0 bridgehead atoms. The molecule has 4 rings (SSSR count). The van der Waals surface area contributed by atoms with Crippen LogP contribution in [-0.2, 0) is 13.2 Å². The number of carbonyl (C=O) groups excluding carboxylic acids is 1. The van der Waals surface area contributed by atoms with Crippen LogP contribution in [0.2, 0.25) is 0 Å². The maximum atomic E-state index is 12.9. The molecule has 5 nitrogen and oxygen atoms in total. The molecule has 0 radical (unpaired) electrons. The summed E-state index contributed by atoms with van der Waals surface area (Å²) in [5.74, 6) is 1.52. The lowest BCUT2D eigenvalue weighted by molar-refractivity contribution is 0.0633. The van der Waals surface area contributed by atoms with Crippen molar-refractivity contribution in [3.8, 4) is 11.5 Å². The SMILES string of the molecule is COc1ccccc1OCc1csc(C(=O)N2CCN(Cc3ccccc3)CC2)c1. The summed E-state index contributed by atoms with van der Waals surface area (Å²) in [6.07, 6.45) is 0. The van der Waals surface area contributed by atoms with Crippen LogP contribution in [0.4, 0.5) is 0 Å². The Morgan fingerprint density at radius 1 is 0.933 bits per heavy atom. The van der Waals surface area contributed by atoms with E-state index in [1.165, 1.54) is 16.9 Å². The molecule has 0 saturated carbocycles. The van der Waals surface area contributed by atoms with E-state index in [2.05, 4.69) is 29.2 Å². The summed E-state index contributed by atoms with van der Waals surface area (Å²) in [7, 11) is 1.63. The number of carbonyl (C=O) groups is 1. The molecule has 6 heteroatoms. The second-order valence-electron chi connectivity index (χ2n) is 7.31. The quantitative estimate of drug-likeness (QED) is 0.570. The molecule has 0 atom stereocenters. The summed E-state index contributed by atoms with van der Waals surface area (Å²) in [6, 6.07) is 20.0. The van der Waals surface area contributed by atoms with Crippen molar-refractivity contribution >= 4 is 17.2 Å². The molecular formula is C24H26N2O3S. The smallest absolute Gasteiger partial charge is 0.264 e. The van der Waals surface area contributed by atoms with Gasteiger partial charge in [-0.15, -0.1) is 11.3 Å². The van der Waals surface area contributed by atoms with Crippen LogP contribution in [0.3, 0.4) is 0 Å². The van der Waals surface area contributed by atoms with Crippen molar-refractivity contribution in [1.82, 2.24) is 9.80 Å². The number of rotatable bonds is 7. The van der Waals surface area contributed by atoms with E-state index in [1.54, 1.807) is 7.11 Å². The summed E-state index contributed by atoms with van der Waals surface area (Å²) in [5.41, 5.74) is 2.31. The maximum absolute atomic E-state index is 12.9. The molecule has 2 aromatic carbocycles. The Kier molecular flexibility index (Phi) is 6.67. The van der Waals surface area contributed by atoms with Crippen LogP contribution < -0.4 is 9.47 Å². The molecular weight excluding hydrogens is 396 g/mol. The van der Waals surface area contributed by atoms with Gasteiger partial charge in [-0.3, -0.25) is 9.69 Å². The van der Waals surface area contributed by atoms with E-state index in [9.17, 15) is 4.79 Å². The minimum Gasteiger partial charge on any atom is -0.493 e. The van der Waals surface area contributed by atoms with E-state index in [1.807, 2.05) is 46.7 Å². The lowest BCUT2D eigenvalue weighted by Gasteiger charge is -2.34. The van der Waals surface area contributed by atoms with Crippen LogP contribution in [0.5, 0.6) is 11.5 Å². The average molecular weight is 423 g/mol. The van der Waals surface area contributed by atoms with Crippen molar-refractivity contribution in [2.75, 3.05) is 33.3 Å². The molecule has 1 saturated heterocycles. The van der Waals surface area contributed by atoms with Gasteiger partial charge in [0, 0.05) is 38.3 Å². The number of piperazine rings is 1. The summed E-state index contributed by atoms with van der Waals surface area (Å²) < 4.78 is 11.2. The average Bonchev–Trinajstić information content (AvgIpc) is 3.28. The molecule has 1 fully saturated rings. The van der Waals surface area contributed by atoms with Crippen molar-refractivity contribution in [2.24, 2.45) is 0 Å². The Morgan fingerprint density at radius 3 is 2.37 bits per heavy atom. The fourth-order valence-electron chi connectivity index (χ4n) is 3.57. The van der Waals surface area contributed by atoms with Crippen molar-refractivity contribution in [2.45, 2.75) is 13.2 Å². The number of amides is 1. The first-order valence-corrected chi connectivity index (χ1v) is 11.0. The highest BCUT2D eigenvalue weighted by Gasteiger charge is 2.23. The normalized spacial score (nSPS) is 14.5. The van der Waals surface area contributed by atoms with Crippen molar-refractivity contribution in [1.29, 1.82) is 0 Å². The molecule has 0 aliphatic carbocycles. The van der Waals surface area contributed by atoms with Gasteiger partial charge in [-0.25, -0.2) is 0 Å². The van der Waals surface area contributed by atoms with E-state index >= 15 is 0 Å². The number of ether oxygens (including phenoxy) is 2. The monoisotopic (exact) mass is 422 g/mol. The lowest BCUT2D eigenvalue weighted by Crippen LogP contribution is -2.48. The zero-order valence-corrected chi connectivity index (χ0v) is 17.9. The third kappa shape index (κ3) is 5.01. The van der Waals surface area contributed by atoms with Crippen LogP contribution in [-0.4, -0.2) is 49.0 Å². The number of para-hydroxylation sites is 2. The zero-order valence-electron chi connectivity index (χ0n) is 17.1. The van der Waals surface area contributed by atoms with Crippen LogP contribution in [0.25, 0.3) is 0 Å². The summed E-state index contributed by atoms with van der Waals surface area (Å²) >= 11 is 1.48. The van der Waals surface area contributed by atoms with Crippen LogP contribution in [0, 0.1) is 0 Å². The van der Waals surface area contributed by atoms with E-state index in [-0.39, 0.29) is 5.91 Å². The summed E-state index contributed by atoms with van der Waals surface area (Å²) in [5, 5.41) is 1.99. The van der Waals surface area contributed by atoms with Gasteiger partial charge in [0.05, 0.1) is 12.0 Å². The Balaban J connectivity index is 1.29. The Labute approximate surface area is 181 Å². The fraction of sp³-hybridized carbons (Fsp3) is 0.292. The molecule has 1 amide bonds. The van der Waals surface area contributed by atoms with Gasteiger partial charge in [0.25, 0.3) is 5.91 Å². The van der Waals surface area contributed by atoms with Gasteiger partial charge >= 0.3 is 0 Å². The number of methoxy groups -OCH3 is 1. The number of hydrogen-bond donors (Lipinski definition) is 0. The van der Waals surface area contributed by atoms with E-state index in [0.717, 1.165) is 43.2 Å². The molecule has 30 heavy (non-hydrogen) atoms. The molecule has 0 spiro atoms. The molecule has 2 heterocycles. The van der Waals surface area contributed by atoms with Gasteiger partial charge in [0.15, 0.2) is 11.5 Å². The van der Waals surface area contributed by atoms with Gasteiger partial charge in [-0.05, 0) is 29.1 Å². The highest BCUT2D eigenvalue weighted by molar-refractivity contribution is 7.12. The van der Waals surface area contributed by atoms with Crippen LogP contribution in [0.15, 0.2) is 66.0 Å². The topological polar surface area (TPSA) is 42.0 Å². The van der Waals surface area contributed by atoms with Gasteiger partial charge < -0.3 is 14.4 Å². The largest absolute Gasteiger partial charge is 0.493 e. The first kappa shape index (κ1) is 20.4. The predicted octanol–water partition coefficient (Wildman–Crippen LogP) is 4.29. The van der Waals surface area contributed by atoms with E-state index in [0.29, 0.717) is 18.1 Å². The van der Waals surface area contributed by atoms with Gasteiger partial charge in [-0.2, -0.15) is 0 Å². The summed E-state index contributed by atoms with van der Waals surface area (Å²) in [4.78, 5) is 18.0. The van der Waals surface area contributed by atoms with Crippen molar-refractivity contribution < 1.29 is 14.3 Å². The number of thiophene rings is 1. The Hall–Kier alpha value is -2.83. The lowest BCUT2D eigenvalue weighted by atomic mass is 10.2. The van der Waals surface area contributed by atoms with E-state index < -0.39 is 0 Å². The zero-order chi connectivity index (χ0) is 20.8. The Morgan fingerprint density at radius 2 is 1.63 bits per heavy atom. The fourth-order valence-corrected chi connectivity index (χ4v) is 4.43. The van der Waals surface area contributed by atoms with Gasteiger partial charge in [-0.1, -0.05) is 42.5 Å². The highest BCUT2D eigenvalue weighted by atomic mass is 32.1. The number of nitrogens with zero attached hydrogens (tertiary/aromatic N) is 2. The third-order valence-corrected chi connectivity index (χ3v) is 6.20. The third-order valence-electron chi connectivity index (χ3n) is 5.24. The van der Waals surface area contributed by atoms with Crippen molar-refractivity contribution in [3.05, 3.63) is 82.0 Å². The van der Waals surface area contributed by atoms with E-state index in [4.69, 9.17) is 9.47 Å². The second-order valence-corrected chi connectivity index (χ2v) is 8.22. The minimum absolute atomic E-state index is 0.114. The molecule has 1 aliphatic heterocycles. The van der Waals surface area contributed by atoms with Crippen LogP contribution in [0.1, 0.15) is 20.8 Å². The molecule has 1 aliphatic rings. The molecule has 3 aromatic rings.